The first-order valence-corrected chi connectivity index (χ1v) is 9.26. The summed E-state index contributed by atoms with van der Waals surface area (Å²) in [5, 5.41) is 3.94. The van der Waals surface area contributed by atoms with Gasteiger partial charge in [-0.2, -0.15) is 0 Å². The monoisotopic (exact) mass is 383 g/mol. The van der Waals surface area contributed by atoms with E-state index < -0.39 is 5.92 Å². The molecule has 1 aliphatic heterocycles. The molecule has 2 N–H and O–H groups in total. The van der Waals surface area contributed by atoms with Crippen LogP contribution in [-0.2, 0) is 4.79 Å². The fourth-order valence-electron chi connectivity index (χ4n) is 2.67. The van der Waals surface area contributed by atoms with E-state index in [2.05, 4.69) is 15.3 Å². The third-order valence-electron chi connectivity index (χ3n) is 3.73. The maximum absolute atomic E-state index is 12.6. The highest BCUT2D eigenvalue weighted by atomic mass is 35.5. The van der Waals surface area contributed by atoms with Crippen LogP contribution in [0, 0.1) is 0 Å². The summed E-state index contributed by atoms with van der Waals surface area (Å²) in [7, 11) is 0. The quantitative estimate of drug-likeness (QED) is 0.616. The highest BCUT2D eigenvalue weighted by Gasteiger charge is 2.32. The Hall–Kier alpha value is -1.50. The van der Waals surface area contributed by atoms with E-state index in [1.807, 2.05) is 6.92 Å². The maximum atomic E-state index is 12.6. The zero-order chi connectivity index (χ0) is 17.3. The van der Waals surface area contributed by atoms with Crippen LogP contribution in [-0.4, -0.2) is 21.6 Å². The van der Waals surface area contributed by atoms with Gasteiger partial charge in [-0.3, -0.25) is 9.59 Å². The van der Waals surface area contributed by atoms with Gasteiger partial charge in [0, 0.05) is 18.1 Å². The number of carbonyl (C=O) groups excluding carboxylic acids is 1. The van der Waals surface area contributed by atoms with Crippen molar-refractivity contribution in [2.45, 2.75) is 30.8 Å². The van der Waals surface area contributed by atoms with Crippen LogP contribution in [0.15, 0.2) is 28.2 Å². The SMILES string of the molecule is CCCSc1nc2c(c(=O)[nH]1)C(c1cccc(Cl)c1Cl)CC(=O)N2. The average Bonchev–Trinajstić information content (AvgIpc) is 2.54. The number of nitrogens with one attached hydrogen (secondary N) is 2. The maximum Gasteiger partial charge on any atom is 0.257 e. The molecule has 0 radical (unpaired) electrons. The largest absolute Gasteiger partial charge is 0.310 e. The van der Waals surface area contributed by atoms with Crippen molar-refractivity contribution in [2.24, 2.45) is 0 Å². The number of rotatable bonds is 4. The van der Waals surface area contributed by atoms with Crippen molar-refractivity contribution in [2.75, 3.05) is 11.1 Å². The van der Waals surface area contributed by atoms with Gasteiger partial charge in [0.2, 0.25) is 5.91 Å². The topological polar surface area (TPSA) is 74.8 Å². The summed E-state index contributed by atoms with van der Waals surface area (Å²) < 4.78 is 0. The fourth-order valence-corrected chi connectivity index (χ4v) is 3.83. The van der Waals surface area contributed by atoms with Gasteiger partial charge in [0.1, 0.15) is 5.82 Å². The second-order valence-corrected chi connectivity index (χ2v) is 7.30. The van der Waals surface area contributed by atoms with Crippen molar-refractivity contribution in [1.29, 1.82) is 0 Å². The number of aromatic nitrogens is 2. The standard InChI is InChI=1S/C16H15Cl2N3O2S/c1-2-6-24-16-20-14-12(15(23)21-16)9(7-11(22)19-14)8-4-3-5-10(17)13(8)18/h3-5,9H,2,6-7H2,1H3,(H2,19,20,21,22,23). The van der Waals surface area contributed by atoms with Crippen LogP contribution in [0.5, 0.6) is 0 Å². The minimum absolute atomic E-state index is 0.124. The number of hydrogen-bond donors (Lipinski definition) is 2. The Morgan fingerprint density at radius 2 is 2.12 bits per heavy atom. The third-order valence-corrected chi connectivity index (χ3v) is 5.64. The molecular formula is C16H15Cl2N3O2S. The predicted octanol–water partition coefficient (Wildman–Crippen LogP) is 4.05. The van der Waals surface area contributed by atoms with Gasteiger partial charge < -0.3 is 10.3 Å². The van der Waals surface area contributed by atoms with E-state index in [-0.39, 0.29) is 17.9 Å². The van der Waals surface area contributed by atoms with Gasteiger partial charge in [-0.15, -0.1) is 0 Å². The molecule has 0 bridgehead atoms. The molecule has 0 aliphatic carbocycles. The molecular weight excluding hydrogens is 369 g/mol. The van der Waals surface area contributed by atoms with Crippen LogP contribution in [0.3, 0.4) is 0 Å². The molecule has 0 fully saturated rings. The summed E-state index contributed by atoms with van der Waals surface area (Å²) in [5.74, 6) is 0.461. The number of aromatic amines is 1. The van der Waals surface area contributed by atoms with Crippen molar-refractivity contribution in [1.82, 2.24) is 9.97 Å². The number of hydrogen-bond acceptors (Lipinski definition) is 4. The van der Waals surface area contributed by atoms with Gasteiger partial charge in [-0.05, 0) is 18.1 Å². The molecule has 1 aromatic heterocycles. The Labute approximate surface area is 153 Å². The summed E-state index contributed by atoms with van der Waals surface area (Å²) >= 11 is 13.8. The van der Waals surface area contributed by atoms with E-state index in [1.165, 1.54) is 11.8 Å². The number of anilines is 1. The zero-order valence-electron chi connectivity index (χ0n) is 12.9. The minimum atomic E-state index is -0.471. The molecule has 1 aliphatic rings. The third kappa shape index (κ3) is 3.31. The summed E-state index contributed by atoms with van der Waals surface area (Å²) in [5.41, 5.74) is 0.806. The van der Waals surface area contributed by atoms with Gasteiger partial charge in [-0.1, -0.05) is 54.0 Å². The molecule has 2 aromatic rings. The van der Waals surface area contributed by atoms with Crippen LogP contribution in [0.2, 0.25) is 10.0 Å². The molecule has 1 atom stereocenters. The predicted molar refractivity (Wildman–Crippen MR) is 97.4 cm³/mol. The smallest absolute Gasteiger partial charge is 0.257 e. The van der Waals surface area contributed by atoms with Gasteiger partial charge in [0.25, 0.3) is 5.56 Å². The minimum Gasteiger partial charge on any atom is -0.310 e. The molecule has 1 aromatic carbocycles. The van der Waals surface area contributed by atoms with E-state index >= 15 is 0 Å². The van der Waals surface area contributed by atoms with E-state index in [9.17, 15) is 9.59 Å². The Morgan fingerprint density at radius 3 is 2.88 bits per heavy atom. The number of halogens is 2. The van der Waals surface area contributed by atoms with Gasteiger partial charge in [0.15, 0.2) is 5.16 Å². The fraction of sp³-hybridized carbons (Fsp3) is 0.312. The number of thioether (sulfide) groups is 1. The second-order valence-electron chi connectivity index (χ2n) is 5.43. The Kier molecular flexibility index (Phi) is 5.18. The van der Waals surface area contributed by atoms with Gasteiger partial charge in [-0.25, -0.2) is 4.98 Å². The second kappa shape index (κ2) is 7.17. The lowest BCUT2D eigenvalue weighted by atomic mass is 9.87. The molecule has 0 saturated carbocycles. The molecule has 24 heavy (non-hydrogen) atoms. The number of amides is 1. The zero-order valence-corrected chi connectivity index (χ0v) is 15.2. The van der Waals surface area contributed by atoms with Crippen molar-refractivity contribution < 1.29 is 4.79 Å². The summed E-state index contributed by atoms with van der Waals surface area (Å²) in [4.78, 5) is 31.9. The number of carbonyl (C=O) groups is 1. The highest BCUT2D eigenvalue weighted by Crippen LogP contribution is 2.39. The first kappa shape index (κ1) is 17.3. The lowest BCUT2D eigenvalue weighted by Crippen LogP contribution is -2.31. The molecule has 1 amide bonds. The van der Waals surface area contributed by atoms with Crippen LogP contribution >= 0.6 is 35.0 Å². The molecule has 0 spiro atoms. The summed E-state index contributed by atoms with van der Waals surface area (Å²) in [6.07, 6.45) is 1.08. The summed E-state index contributed by atoms with van der Waals surface area (Å²) in [6, 6.07) is 5.20. The average molecular weight is 384 g/mol. The van der Waals surface area contributed by atoms with Crippen LogP contribution in [0.4, 0.5) is 5.82 Å². The lowest BCUT2D eigenvalue weighted by molar-refractivity contribution is -0.116. The Bertz CT molecular complexity index is 854. The molecule has 0 saturated heterocycles. The van der Waals surface area contributed by atoms with Crippen molar-refractivity contribution in [3.05, 3.63) is 49.7 Å². The first-order chi connectivity index (χ1) is 11.5. The van der Waals surface area contributed by atoms with Crippen molar-refractivity contribution >= 4 is 46.7 Å². The Morgan fingerprint density at radius 1 is 1.33 bits per heavy atom. The summed E-state index contributed by atoms with van der Waals surface area (Å²) in [6.45, 7) is 2.04. The van der Waals surface area contributed by atoms with Gasteiger partial charge in [0.05, 0.1) is 15.6 Å². The number of fused-ring (bicyclic) bond motifs is 1. The van der Waals surface area contributed by atoms with E-state index in [0.29, 0.717) is 32.1 Å². The molecule has 3 rings (SSSR count). The highest BCUT2D eigenvalue weighted by molar-refractivity contribution is 7.99. The van der Waals surface area contributed by atoms with Crippen LogP contribution < -0.4 is 10.9 Å². The molecule has 1 unspecified atom stereocenters. The number of benzene rings is 1. The molecule has 2 heterocycles. The van der Waals surface area contributed by atoms with Crippen LogP contribution in [0.1, 0.15) is 36.8 Å². The lowest BCUT2D eigenvalue weighted by Gasteiger charge is -2.25. The van der Waals surface area contributed by atoms with E-state index in [0.717, 1.165) is 12.2 Å². The van der Waals surface area contributed by atoms with Crippen molar-refractivity contribution in [3.8, 4) is 0 Å². The van der Waals surface area contributed by atoms with E-state index in [1.54, 1.807) is 18.2 Å². The van der Waals surface area contributed by atoms with Crippen molar-refractivity contribution in [3.63, 3.8) is 0 Å². The Balaban J connectivity index is 2.11. The number of H-pyrrole nitrogens is 1. The molecule has 8 heteroatoms. The molecule has 126 valence electrons. The first-order valence-electron chi connectivity index (χ1n) is 7.52. The number of nitrogens with zero attached hydrogens (tertiary/aromatic N) is 1. The van der Waals surface area contributed by atoms with E-state index in [4.69, 9.17) is 23.2 Å². The normalized spacial score (nSPS) is 16.6. The van der Waals surface area contributed by atoms with Crippen LogP contribution in [0.25, 0.3) is 0 Å². The molecule has 5 nitrogen and oxygen atoms in total. The van der Waals surface area contributed by atoms with Gasteiger partial charge >= 0.3 is 0 Å².